The maximum absolute atomic E-state index is 14.2. The number of hydrogen-bond donors (Lipinski definition) is 2. The van der Waals surface area contributed by atoms with Gasteiger partial charge in [-0.1, -0.05) is 73.3 Å². The number of halogens is 1. The van der Waals surface area contributed by atoms with Crippen molar-refractivity contribution in [2.24, 2.45) is 11.8 Å². The van der Waals surface area contributed by atoms with Crippen molar-refractivity contribution in [1.29, 1.82) is 0 Å². The van der Waals surface area contributed by atoms with E-state index in [0.29, 0.717) is 22.2 Å². The highest BCUT2D eigenvalue weighted by Crippen LogP contribution is 2.55. The first-order valence-corrected chi connectivity index (χ1v) is 15.7. The highest BCUT2D eigenvalue weighted by molar-refractivity contribution is 6.30. The number of benzene rings is 3. The maximum Gasteiger partial charge on any atom is 0.246 e. The first-order chi connectivity index (χ1) is 21.4. The first kappa shape index (κ1) is 28.6. The van der Waals surface area contributed by atoms with E-state index in [9.17, 15) is 14.4 Å². The number of anilines is 1. The van der Waals surface area contributed by atoms with Gasteiger partial charge in [0.15, 0.2) is 0 Å². The number of para-hydroxylation sites is 1. The van der Waals surface area contributed by atoms with Gasteiger partial charge >= 0.3 is 0 Å². The number of rotatable bonds is 8. The molecule has 3 aliphatic heterocycles. The summed E-state index contributed by atoms with van der Waals surface area (Å²) < 4.78 is 12.4. The molecule has 3 aromatic rings. The molecule has 3 aromatic carbocycles. The molecule has 0 unspecified atom stereocenters. The molecule has 2 bridgehead atoms. The molecule has 1 aliphatic carbocycles. The Hall–Kier alpha value is -4.14. The van der Waals surface area contributed by atoms with Crippen LogP contribution in [0.2, 0.25) is 5.02 Å². The Kier molecular flexibility index (Phi) is 7.64. The van der Waals surface area contributed by atoms with Crippen molar-refractivity contribution in [1.82, 2.24) is 10.2 Å². The maximum atomic E-state index is 14.2. The van der Waals surface area contributed by atoms with Gasteiger partial charge in [0, 0.05) is 23.3 Å². The molecule has 3 heterocycles. The summed E-state index contributed by atoms with van der Waals surface area (Å²) in [6, 6.07) is 22.9. The summed E-state index contributed by atoms with van der Waals surface area (Å²) in [6.45, 7) is 0.204. The van der Waals surface area contributed by atoms with Crippen molar-refractivity contribution < 1.29 is 23.9 Å². The van der Waals surface area contributed by atoms with E-state index in [-0.39, 0.29) is 30.3 Å². The molecule has 4 aliphatic rings. The second-order valence-electron chi connectivity index (χ2n) is 12.1. The van der Waals surface area contributed by atoms with Crippen molar-refractivity contribution in [3.05, 3.63) is 102 Å². The minimum atomic E-state index is -1.22. The molecule has 2 N–H and O–H groups in total. The molecule has 226 valence electrons. The Balaban J connectivity index is 1.13. The molecule has 5 atom stereocenters. The zero-order chi connectivity index (χ0) is 30.3. The van der Waals surface area contributed by atoms with Gasteiger partial charge in [0.1, 0.15) is 23.1 Å². The first-order valence-electron chi connectivity index (χ1n) is 15.3. The van der Waals surface area contributed by atoms with E-state index in [2.05, 4.69) is 10.6 Å². The number of amides is 3. The van der Waals surface area contributed by atoms with E-state index in [1.807, 2.05) is 54.6 Å². The molecule has 1 saturated carbocycles. The van der Waals surface area contributed by atoms with Gasteiger partial charge in [0.05, 0.1) is 17.9 Å². The topological polar surface area (TPSA) is 97.0 Å². The van der Waals surface area contributed by atoms with Crippen LogP contribution < -0.4 is 15.4 Å². The van der Waals surface area contributed by atoms with Crippen LogP contribution in [0.3, 0.4) is 0 Å². The fourth-order valence-corrected chi connectivity index (χ4v) is 7.33. The van der Waals surface area contributed by atoms with Crippen LogP contribution in [-0.2, 0) is 25.7 Å². The van der Waals surface area contributed by atoms with Gasteiger partial charge in [-0.15, -0.1) is 0 Å². The molecule has 0 radical (unpaired) electrons. The summed E-state index contributed by atoms with van der Waals surface area (Å²) in [5, 5.41) is 6.79. The Morgan fingerprint density at radius 3 is 2.34 bits per heavy atom. The fourth-order valence-electron chi connectivity index (χ4n) is 7.21. The summed E-state index contributed by atoms with van der Waals surface area (Å²) in [5.41, 5.74) is 0.195. The second-order valence-corrected chi connectivity index (χ2v) is 12.5. The minimum absolute atomic E-state index is 0.0645. The molecule has 44 heavy (non-hydrogen) atoms. The lowest BCUT2D eigenvalue weighted by Gasteiger charge is -2.34. The van der Waals surface area contributed by atoms with Crippen LogP contribution >= 0.6 is 11.6 Å². The van der Waals surface area contributed by atoms with E-state index in [1.165, 1.54) is 0 Å². The fraction of sp³-hybridized carbons (Fsp3) is 0.343. The third kappa shape index (κ3) is 5.26. The van der Waals surface area contributed by atoms with Crippen LogP contribution in [0.15, 0.2) is 91.0 Å². The van der Waals surface area contributed by atoms with Gasteiger partial charge in [0.2, 0.25) is 17.7 Å². The zero-order valence-electron chi connectivity index (χ0n) is 24.2. The molecule has 0 aromatic heterocycles. The molecular weight excluding hydrogens is 578 g/mol. The predicted octanol–water partition coefficient (Wildman–Crippen LogP) is 5.87. The van der Waals surface area contributed by atoms with Crippen molar-refractivity contribution in [2.75, 3.05) is 5.32 Å². The minimum Gasteiger partial charge on any atom is -0.457 e. The number of likely N-dealkylation sites (tertiary alicyclic amines) is 1. The number of ether oxygens (including phenoxy) is 2. The summed E-state index contributed by atoms with van der Waals surface area (Å²) in [6.07, 6.45) is 8.19. The van der Waals surface area contributed by atoms with Crippen molar-refractivity contribution in [2.45, 2.75) is 62.4 Å². The number of nitrogens with one attached hydrogen (secondary N) is 2. The Labute approximate surface area is 261 Å². The zero-order valence-corrected chi connectivity index (χ0v) is 24.9. The van der Waals surface area contributed by atoms with Gasteiger partial charge in [-0.3, -0.25) is 14.4 Å². The number of carbonyl (C=O) groups is 3. The number of fused-ring (bicyclic) bond motifs is 1. The molecule has 8 nitrogen and oxygen atoms in total. The molecule has 3 amide bonds. The molecule has 3 fully saturated rings. The van der Waals surface area contributed by atoms with Crippen LogP contribution in [0.25, 0.3) is 0 Å². The van der Waals surface area contributed by atoms with E-state index in [4.69, 9.17) is 21.1 Å². The average Bonchev–Trinajstić information content (AvgIpc) is 3.68. The van der Waals surface area contributed by atoms with Crippen LogP contribution in [0.1, 0.15) is 37.7 Å². The lowest BCUT2D eigenvalue weighted by Crippen LogP contribution is -2.56. The highest BCUT2D eigenvalue weighted by Gasteiger charge is 2.72. The standard InChI is InChI=1S/C35H34ClN3O5/c36-23-13-11-22(12-14-23)21-39-31(33(41)38-24-7-3-1-4-8-24)35-20-19-28(44-35)29(30(35)34(39)42)32(40)37-25-15-17-27(18-16-25)43-26-9-5-2-6-10-26/h2,5-6,9-20,24,28-31H,1,3-4,7-8,21H2,(H,37,40)(H,38,41)/t28-,29+,30-,31-,35-/m1/s1. The van der Waals surface area contributed by atoms with Gasteiger partial charge in [-0.05, 0) is 66.9 Å². The van der Waals surface area contributed by atoms with Crippen LogP contribution in [0.5, 0.6) is 11.5 Å². The molecule has 9 heteroatoms. The van der Waals surface area contributed by atoms with Crippen molar-refractivity contribution in [3.8, 4) is 11.5 Å². The molecule has 2 saturated heterocycles. The SMILES string of the molecule is O=C(Nc1ccc(Oc2ccccc2)cc1)[C@H]1[C@H]2C=C[C@@]3(O2)[C@H]1C(=O)N(Cc1ccc(Cl)cc1)[C@@H]3C(=O)NC1CCCCC1. The highest BCUT2D eigenvalue weighted by atomic mass is 35.5. The van der Waals surface area contributed by atoms with Gasteiger partial charge in [0.25, 0.3) is 0 Å². The summed E-state index contributed by atoms with van der Waals surface area (Å²) >= 11 is 6.11. The van der Waals surface area contributed by atoms with Gasteiger partial charge in [-0.2, -0.15) is 0 Å². The lowest BCUT2D eigenvalue weighted by molar-refractivity contribution is -0.142. The third-order valence-corrected chi connectivity index (χ3v) is 9.50. The van der Waals surface area contributed by atoms with Gasteiger partial charge < -0.3 is 25.0 Å². The van der Waals surface area contributed by atoms with E-state index >= 15 is 0 Å². The number of carbonyl (C=O) groups excluding carboxylic acids is 3. The normalized spacial score (nSPS) is 27.3. The number of nitrogens with zero attached hydrogens (tertiary/aromatic N) is 1. The summed E-state index contributed by atoms with van der Waals surface area (Å²) in [4.78, 5) is 43.7. The third-order valence-electron chi connectivity index (χ3n) is 9.24. The number of hydrogen-bond acceptors (Lipinski definition) is 5. The smallest absolute Gasteiger partial charge is 0.246 e. The van der Waals surface area contributed by atoms with E-state index in [0.717, 1.165) is 37.7 Å². The Bertz CT molecular complexity index is 1570. The predicted molar refractivity (Wildman–Crippen MR) is 166 cm³/mol. The Morgan fingerprint density at radius 2 is 1.61 bits per heavy atom. The molecule has 1 spiro atoms. The molecular formula is C35H34ClN3O5. The van der Waals surface area contributed by atoms with Crippen LogP contribution in [-0.4, -0.2) is 46.4 Å². The summed E-state index contributed by atoms with van der Waals surface area (Å²) in [7, 11) is 0. The van der Waals surface area contributed by atoms with E-state index in [1.54, 1.807) is 41.3 Å². The van der Waals surface area contributed by atoms with E-state index < -0.39 is 29.6 Å². The van der Waals surface area contributed by atoms with Crippen molar-refractivity contribution in [3.63, 3.8) is 0 Å². The average molecular weight is 612 g/mol. The van der Waals surface area contributed by atoms with Crippen LogP contribution in [0.4, 0.5) is 5.69 Å². The van der Waals surface area contributed by atoms with Crippen LogP contribution in [0, 0.1) is 11.8 Å². The monoisotopic (exact) mass is 611 g/mol. The largest absolute Gasteiger partial charge is 0.457 e. The lowest BCUT2D eigenvalue weighted by atomic mass is 9.74. The second kappa shape index (κ2) is 11.7. The van der Waals surface area contributed by atoms with Gasteiger partial charge in [-0.25, -0.2) is 0 Å². The Morgan fingerprint density at radius 1 is 0.909 bits per heavy atom. The quantitative estimate of drug-likeness (QED) is 0.311. The summed E-state index contributed by atoms with van der Waals surface area (Å²) in [5.74, 6) is -1.08. The van der Waals surface area contributed by atoms with Crippen molar-refractivity contribution >= 4 is 35.0 Å². The molecule has 7 rings (SSSR count).